The Kier molecular flexibility index (Phi) is 10.7. The van der Waals surface area contributed by atoms with Crippen LogP contribution in [-0.4, -0.2) is 53.6 Å². The fourth-order valence-corrected chi connectivity index (χ4v) is 5.12. The molecule has 0 saturated carbocycles. The summed E-state index contributed by atoms with van der Waals surface area (Å²) in [4.78, 5) is 15.0. The molecule has 1 aliphatic heterocycles. The van der Waals surface area contributed by atoms with Gasteiger partial charge in [-0.25, -0.2) is 4.79 Å². The summed E-state index contributed by atoms with van der Waals surface area (Å²) in [5.74, 6) is 0. The Bertz CT molecular complexity index is 1340. The largest absolute Gasteiger partial charge is 0.445 e. The highest BCUT2D eigenvalue weighted by Gasteiger charge is 2.48. The first-order valence-corrected chi connectivity index (χ1v) is 14.3. The highest BCUT2D eigenvalue weighted by Crippen LogP contribution is 2.29. The van der Waals surface area contributed by atoms with Crippen molar-refractivity contribution < 1.29 is 28.8 Å². The number of piperidine rings is 1. The third kappa shape index (κ3) is 8.05. The van der Waals surface area contributed by atoms with Crippen molar-refractivity contribution in [2.24, 2.45) is 0 Å². The molecule has 0 radical (unpaired) electrons. The summed E-state index contributed by atoms with van der Waals surface area (Å²) < 4.78 is 25.2. The zero-order valence-electron chi connectivity index (χ0n) is 23.5. The summed E-state index contributed by atoms with van der Waals surface area (Å²) in [6.07, 6.45) is -2.33. The molecule has 7 heteroatoms. The second-order valence-electron chi connectivity index (χ2n) is 10.3. The number of hydrogen-bond acceptors (Lipinski definition) is 6. The second-order valence-corrected chi connectivity index (χ2v) is 10.3. The van der Waals surface area contributed by atoms with Crippen molar-refractivity contribution in [3.63, 3.8) is 0 Å². The van der Waals surface area contributed by atoms with Crippen LogP contribution in [0.15, 0.2) is 121 Å². The van der Waals surface area contributed by atoms with E-state index in [2.05, 4.69) is 0 Å². The molecule has 4 aromatic rings. The molecule has 0 spiro atoms. The van der Waals surface area contributed by atoms with Crippen LogP contribution in [0.25, 0.3) is 0 Å². The van der Waals surface area contributed by atoms with Gasteiger partial charge in [-0.2, -0.15) is 0 Å². The molecule has 1 aliphatic rings. The molecule has 0 unspecified atom stereocenters. The molecule has 218 valence electrons. The lowest BCUT2D eigenvalue weighted by atomic mass is 9.93. The van der Waals surface area contributed by atoms with E-state index in [0.717, 1.165) is 22.3 Å². The number of benzene rings is 4. The molecule has 42 heavy (non-hydrogen) atoms. The Morgan fingerprint density at radius 2 is 1.00 bits per heavy atom. The van der Waals surface area contributed by atoms with Gasteiger partial charge in [-0.3, -0.25) is 4.90 Å². The number of rotatable bonds is 12. The lowest BCUT2D eigenvalue weighted by Crippen LogP contribution is -2.65. The first-order chi connectivity index (χ1) is 20.7. The van der Waals surface area contributed by atoms with Crippen LogP contribution in [-0.2, 0) is 45.4 Å². The minimum Gasteiger partial charge on any atom is -0.445 e. The van der Waals surface area contributed by atoms with Gasteiger partial charge in [0, 0.05) is 0 Å². The summed E-state index contributed by atoms with van der Waals surface area (Å²) >= 11 is 0. The van der Waals surface area contributed by atoms with Crippen molar-refractivity contribution in [1.82, 2.24) is 4.90 Å². The van der Waals surface area contributed by atoms with Crippen LogP contribution < -0.4 is 0 Å². The van der Waals surface area contributed by atoms with E-state index in [4.69, 9.17) is 18.9 Å². The number of amides is 1. The van der Waals surface area contributed by atoms with Crippen molar-refractivity contribution in [2.75, 3.05) is 13.2 Å². The van der Waals surface area contributed by atoms with Gasteiger partial charge in [0.1, 0.15) is 24.9 Å². The normalized spacial score (nSPS) is 20.3. The van der Waals surface area contributed by atoms with Crippen LogP contribution in [0, 0.1) is 0 Å². The molecular formula is C35H37NO6. The van der Waals surface area contributed by atoms with E-state index < -0.39 is 30.4 Å². The molecule has 5 rings (SSSR count). The molecule has 1 saturated heterocycles. The summed E-state index contributed by atoms with van der Waals surface area (Å²) in [5, 5.41) is 10.6. The Balaban J connectivity index is 1.41. The average molecular weight is 568 g/mol. The van der Waals surface area contributed by atoms with Gasteiger partial charge in [0.15, 0.2) is 0 Å². The molecule has 1 N–H and O–H groups in total. The number of aliphatic hydroxyl groups is 1. The van der Waals surface area contributed by atoms with Gasteiger partial charge < -0.3 is 24.1 Å². The van der Waals surface area contributed by atoms with Crippen molar-refractivity contribution in [3.05, 3.63) is 144 Å². The van der Waals surface area contributed by atoms with E-state index in [1.54, 1.807) is 0 Å². The van der Waals surface area contributed by atoms with Crippen molar-refractivity contribution in [1.29, 1.82) is 0 Å². The SMILES string of the molecule is O=C(OCc1ccccc1)N1C[C@H](OCc2ccccc2)[C@@H](OCc2ccccc2)[C@H](OCc2ccccc2)[C@H]1CO. The molecule has 4 atom stereocenters. The fourth-order valence-electron chi connectivity index (χ4n) is 5.12. The van der Waals surface area contributed by atoms with Crippen molar-refractivity contribution in [2.45, 2.75) is 50.8 Å². The minimum atomic E-state index is -0.700. The Labute approximate surface area is 247 Å². The van der Waals surface area contributed by atoms with E-state index in [9.17, 15) is 9.90 Å². The van der Waals surface area contributed by atoms with Gasteiger partial charge >= 0.3 is 6.09 Å². The molecule has 1 amide bonds. The zero-order chi connectivity index (χ0) is 29.0. The Morgan fingerprint density at radius 1 is 0.595 bits per heavy atom. The van der Waals surface area contributed by atoms with Gasteiger partial charge in [-0.15, -0.1) is 0 Å². The van der Waals surface area contributed by atoms with Gasteiger partial charge in [0.25, 0.3) is 0 Å². The van der Waals surface area contributed by atoms with Crippen LogP contribution >= 0.6 is 0 Å². The van der Waals surface area contributed by atoms with Crippen LogP contribution in [0.5, 0.6) is 0 Å². The summed E-state index contributed by atoms with van der Waals surface area (Å²) in [5.41, 5.74) is 3.86. The summed E-state index contributed by atoms with van der Waals surface area (Å²) in [6.45, 7) is 0.920. The lowest BCUT2D eigenvalue weighted by Gasteiger charge is -2.47. The molecule has 1 fully saturated rings. The highest BCUT2D eigenvalue weighted by molar-refractivity contribution is 5.68. The maximum absolute atomic E-state index is 13.5. The maximum atomic E-state index is 13.5. The standard InChI is InChI=1S/C35H37NO6/c37-22-31-33(40-24-28-15-7-2-8-16-28)34(41-25-29-17-9-3-10-18-29)32(39-23-27-13-5-1-6-14-27)21-36(31)35(38)42-26-30-19-11-4-12-20-30/h1-20,31-34,37H,21-26H2/t31-,32+,33-,34-/m1/s1. The topological polar surface area (TPSA) is 77.5 Å². The summed E-state index contributed by atoms with van der Waals surface area (Å²) in [6, 6.07) is 38.4. The first kappa shape index (κ1) is 29.5. The molecule has 0 aliphatic carbocycles. The minimum absolute atomic E-state index is 0.118. The van der Waals surface area contributed by atoms with Crippen LogP contribution in [0.1, 0.15) is 22.3 Å². The molecule has 1 heterocycles. The number of ether oxygens (including phenoxy) is 4. The van der Waals surface area contributed by atoms with Gasteiger partial charge in [-0.1, -0.05) is 121 Å². The zero-order valence-corrected chi connectivity index (χ0v) is 23.5. The number of nitrogens with zero attached hydrogens (tertiary/aromatic N) is 1. The number of carbonyl (C=O) groups is 1. The molecule has 0 aromatic heterocycles. The van der Waals surface area contributed by atoms with Crippen LogP contribution in [0.3, 0.4) is 0 Å². The van der Waals surface area contributed by atoms with E-state index in [1.165, 1.54) is 4.90 Å². The van der Waals surface area contributed by atoms with Gasteiger partial charge in [-0.05, 0) is 22.3 Å². The van der Waals surface area contributed by atoms with Crippen molar-refractivity contribution in [3.8, 4) is 0 Å². The molecule has 0 bridgehead atoms. The van der Waals surface area contributed by atoms with Gasteiger partial charge in [0.2, 0.25) is 0 Å². The number of carbonyl (C=O) groups excluding carboxylic acids is 1. The van der Waals surface area contributed by atoms with Crippen molar-refractivity contribution >= 4 is 6.09 Å². The van der Waals surface area contributed by atoms with Crippen LogP contribution in [0.2, 0.25) is 0 Å². The third-order valence-electron chi connectivity index (χ3n) is 7.35. The number of likely N-dealkylation sites (tertiary alicyclic amines) is 1. The van der Waals surface area contributed by atoms with Crippen LogP contribution in [0.4, 0.5) is 4.79 Å². The van der Waals surface area contributed by atoms with Gasteiger partial charge in [0.05, 0.1) is 39.0 Å². The number of hydrogen-bond donors (Lipinski definition) is 1. The first-order valence-electron chi connectivity index (χ1n) is 14.3. The molecular weight excluding hydrogens is 530 g/mol. The van der Waals surface area contributed by atoms with E-state index in [0.29, 0.717) is 13.2 Å². The lowest BCUT2D eigenvalue weighted by molar-refractivity contribution is -0.202. The second kappa shape index (κ2) is 15.3. The fraction of sp³-hybridized carbons (Fsp3) is 0.286. The van der Waals surface area contributed by atoms with E-state index in [-0.39, 0.29) is 26.4 Å². The smallest absolute Gasteiger partial charge is 0.410 e. The maximum Gasteiger partial charge on any atom is 0.410 e. The number of aliphatic hydroxyl groups excluding tert-OH is 1. The highest BCUT2D eigenvalue weighted by atomic mass is 16.6. The predicted molar refractivity (Wildman–Crippen MR) is 159 cm³/mol. The molecule has 7 nitrogen and oxygen atoms in total. The van der Waals surface area contributed by atoms with E-state index >= 15 is 0 Å². The Hall–Kier alpha value is -4.01. The average Bonchev–Trinajstić information content (AvgIpc) is 3.06. The van der Waals surface area contributed by atoms with E-state index in [1.807, 2.05) is 121 Å². The summed E-state index contributed by atoms with van der Waals surface area (Å²) in [7, 11) is 0. The Morgan fingerprint density at radius 3 is 1.45 bits per heavy atom. The predicted octanol–water partition coefficient (Wildman–Crippen LogP) is 5.76. The third-order valence-corrected chi connectivity index (χ3v) is 7.35. The monoisotopic (exact) mass is 567 g/mol. The molecule has 4 aromatic carbocycles. The quantitative estimate of drug-likeness (QED) is 0.235.